The Morgan fingerprint density at radius 3 is 2.88 bits per heavy atom. The molecule has 24 heavy (non-hydrogen) atoms. The maximum Gasteiger partial charge on any atom is 0.278 e. The molecule has 0 fully saturated rings. The van der Waals surface area contributed by atoms with E-state index in [0.717, 1.165) is 10.4 Å². The minimum atomic E-state index is -0.125. The Labute approximate surface area is 143 Å². The highest BCUT2D eigenvalue weighted by Gasteiger charge is 2.31. The lowest BCUT2D eigenvalue weighted by atomic mass is 10.1. The number of pyridine rings is 1. The molecule has 6 heteroatoms. The van der Waals surface area contributed by atoms with Crippen LogP contribution in [0.2, 0.25) is 0 Å². The van der Waals surface area contributed by atoms with Gasteiger partial charge in [-0.15, -0.1) is 11.3 Å². The summed E-state index contributed by atoms with van der Waals surface area (Å²) in [6.07, 6.45) is 1.55. The maximum absolute atomic E-state index is 13.2. The highest BCUT2D eigenvalue weighted by atomic mass is 32.1. The van der Waals surface area contributed by atoms with Gasteiger partial charge < -0.3 is 4.74 Å². The van der Waals surface area contributed by atoms with Crippen LogP contribution in [0.25, 0.3) is 10.4 Å². The second-order valence-electron chi connectivity index (χ2n) is 5.57. The minimum Gasteiger partial charge on any atom is -0.471 e. The monoisotopic (exact) mass is 337 g/mol. The van der Waals surface area contributed by atoms with Gasteiger partial charge in [0.05, 0.1) is 16.9 Å². The highest BCUT2D eigenvalue weighted by Crippen LogP contribution is 2.34. The molecule has 0 spiro atoms. The summed E-state index contributed by atoms with van der Waals surface area (Å²) in [5.74, 6) is 0.362. The van der Waals surface area contributed by atoms with Gasteiger partial charge in [-0.25, -0.2) is 9.97 Å². The fourth-order valence-electron chi connectivity index (χ4n) is 2.77. The van der Waals surface area contributed by atoms with Crippen LogP contribution in [0.3, 0.4) is 0 Å². The third kappa shape index (κ3) is 2.55. The predicted octanol–water partition coefficient (Wildman–Crippen LogP) is 3.63. The Kier molecular flexibility index (Phi) is 3.74. The number of nitrogens with zero attached hydrogens (tertiary/aromatic N) is 3. The second-order valence-corrected chi connectivity index (χ2v) is 6.42. The zero-order valence-electron chi connectivity index (χ0n) is 13.0. The third-order valence-electron chi connectivity index (χ3n) is 3.85. The molecule has 120 valence electrons. The van der Waals surface area contributed by atoms with Crippen LogP contribution in [0, 0.1) is 0 Å². The Morgan fingerprint density at radius 1 is 1.21 bits per heavy atom. The normalized spacial score (nSPS) is 16.4. The Hall–Kier alpha value is -2.73. The number of carbonyl (C=O) groups excluding carboxylic acids is 1. The van der Waals surface area contributed by atoms with Crippen molar-refractivity contribution in [3.63, 3.8) is 0 Å². The first-order valence-corrected chi connectivity index (χ1v) is 8.54. The van der Waals surface area contributed by atoms with Crippen molar-refractivity contribution in [2.24, 2.45) is 0 Å². The van der Waals surface area contributed by atoms with E-state index in [4.69, 9.17) is 4.74 Å². The molecule has 0 saturated heterocycles. The molecule has 0 unspecified atom stereocenters. The van der Waals surface area contributed by atoms with Crippen molar-refractivity contribution < 1.29 is 9.53 Å². The van der Waals surface area contributed by atoms with E-state index in [0.29, 0.717) is 23.8 Å². The van der Waals surface area contributed by atoms with Crippen molar-refractivity contribution >= 4 is 22.9 Å². The number of anilines is 1. The van der Waals surface area contributed by atoms with Crippen LogP contribution in [0.5, 0.6) is 5.88 Å². The quantitative estimate of drug-likeness (QED) is 0.716. The zero-order chi connectivity index (χ0) is 16.5. The summed E-state index contributed by atoms with van der Waals surface area (Å²) < 4.78 is 5.72. The van der Waals surface area contributed by atoms with E-state index in [1.54, 1.807) is 22.7 Å². The van der Waals surface area contributed by atoms with Gasteiger partial charge in [-0.3, -0.25) is 9.69 Å². The van der Waals surface area contributed by atoms with E-state index in [1.807, 2.05) is 43.3 Å². The zero-order valence-corrected chi connectivity index (χ0v) is 13.9. The SMILES string of the molecule is C[C@H]1CN(C(=O)c2ncsc2-c2ccccc2)c2cccnc2O1. The fraction of sp³-hybridized carbons (Fsp3) is 0.167. The molecular formula is C18H15N3O2S. The largest absolute Gasteiger partial charge is 0.471 e. The number of ether oxygens (including phenoxy) is 1. The summed E-state index contributed by atoms with van der Waals surface area (Å²) in [5, 5.41) is 0. The molecule has 0 saturated carbocycles. The molecule has 0 bridgehead atoms. The number of hydrogen-bond donors (Lipinski definition) is 0. The molecule has 1 aliphatic rings. The summed E-state index contributed by atoms with van der Waals surface area (Å²) in [6, 6.07) is 13.5. The topological polar surface area (TPSA) is 55.3 Å². The van der Waals surface area contributed by atoms with Gasteiger partial charge in [-0.1, -0.05) is 30.3 Å². The molecule has 0 aliphatic carbocycles. The second kappa shape index (κ2) is 6.05. The molecule has 4 rings (SSSR count). The van der Waals surface area contributed by atoms with Crippen LogP contribution in [-0.2, 0) is 0 Å². The number of thiazole rings is 1. The summed E-state index contributed by atoms with van der Waals surface area (Å²) in [7, 11) is 0. The Morgan fingerprint density at radius 2 is 2.04 bits per heavy atom. The van der Waals surface area contributed by atoms with E-state index >= 15 is 0 Å². The highest BCUT2D eigenvalue weighted by molar-refractivity contribution is 7.13. The van der Waals surface area contributed by atoms with Crippen molar-refractivity contribution in [1.82, 2.24) is 9.97 Å². The van der Waals surface area contributed by atoms with Gasteiger partial charge in [-0.2, -0.15) is 0 Å². The molecule has 0 radical (unpaired) electrons. The average molecular weight is 337 g/mol. The van der Waals surface area contributed by atoms with Gasteiger partial charge in [-0.05, 0) is 24.6 Å². The number of fused-ring (bicyclic) bond motifs is 1. The smallest absolute Gasteiger partial charge is 0.278 e. The lowest BCUT2D eigenvalue weighted by Gasteiger charge is -2.32. The fourth-order valence-corrected chi connectivity index (χ4v) is 3.56. The van der Waals surface area contributed by atoms with Gasteiger partial charge in [0.15, 0.2) is 0 Å². The van der Waals surface area contributed by atoms with Gasteiger partial charge in [0, 0.05) is 6.20 Å². The van der Waals surface area contributed by atoms with Crippen LogP contribution in [0.4, 0.5) is 5.69 Å². The third-order valence-corrected chi connectivity index (χ3v) is 4.72. The van der Waals surface area contributed by atoms with Crippen molar-refractivity contribution in [3.05, 3.63) is 59.9 Å². The molecule has 1 amide bonds. The molecular weight excluding hydrogens is 322 g/mol. The maximum atomic E-state index is 13.2. The predicted molar refractivity (Wildman–Crippen MR) is 93.6 cm³/mol. The molecule has 3 aromatic rings. The molecule has 1 atom stereocenters. The molecule has 1 aromatic carbocycles. The lowest BCUT2D eigenvalue weighted by Crippen LogP contribution is -2.42. The van der Waals surface area contributed by atoms with Crippen LogP contribution < -0.4 is 9.64 Å². The number of hydrogen-bond acceptors (Lipinski definition) is 5. The van der Waals surface area contributed by atoms with Crippen molar-refractivity contribution in [2.75, 3.05) is 11.4 Å². The number of rotatable bonds is 2. The minimum absolute atomic E-state index is 0.116. The van der Waals surface area contributed by atoms with Gasteiger partial charge >= 0.3 is 0 Å². The van der Waals surface area contributed by atoms with Crippen molar-refractivity contribution in [1.29, 1.82) is 0 Å². The number of benzene rings is 1. The van der Waals surface area contributed by atoms with Crippen LogP contribution in [-0.4, -0.2) is 28.5 Å². The summed E-state index contributed by atoms with van der Waals surface area (Å²) in [5.41, 5.74) is 3.86. The van der Waals surface area contributed by atoms with Gasteiger partial charge in [0.1, 0.15) is 17.5 Å². The first-order chi connectivity index (χ1) is 11.7. The lowest BCUT2D eigenvalue weighted by molar-refractivity contribution is 0.0955. The van der Waals surface area contributed by atoms with E-state index in [1.165, 1.54) is 11.3 Å². The molecule has 3 heterocycles. The van der Waals surface area contributed by atoms with Crippen molar-refractivity contribution in [2.45, 2.75) is 13.0 Å². The standard InChI is InChI=1S/C18H15N3O2S/c1-12-10-21(14-8-5-9-19-17(14)23-12)18(22)15-16(24-11-20-15)13-6-3-2-4-7-13/h2-9,11-12H,10H2,1H3/t12-/m0/s1. The van der Waals surface area contributed by atoms with Gasteiger partial charge in [0.2, 0.25) is 5.88 Å². The van der Waals surface area contributed by atoms with E-state index in [2.05, 4.69) is 9.97 Å². The summed E-state index contributed by atoms with van der Waals surface area (Å²) in [6.45, 7) is 2.40. The Balaban J connectivity index is 1.75. The van der Waals surface area contributed by atoms with E-state index in [-0.39, 0.29) is 12.0 Å². The summed E-state index contributed by atoms with van der Waals surface area (Å²) in [4.78, 5) is 24.3. The first kappa shape index (κ1) is 14.8. The molecule has 5 nitrogen and oxygen atoms in total. The van der Waals surface area contributed by atoms with Crippen LogP contribution in [0.1, 0.15) is 17.4 Å². The molecule has 0 N–H and O–H groups in total. The number of aromatic nitrogens is 2. The molecule has 1 aliphatic heterocycles. The number of amides is 1. The molecule has 2 aromatic heterocycles. The van der Waals surface area contributed by atoms with E-state index < -0.39 is 0 Å². The van der Waals surface area contributed by atoms with Crippen LogP contribution >= 0.6 is 11.3 Å². The summed E-state index contributed by atoms with van der Waals surface area (Å²) >= 11 is 1.47. The van der Waals surface area contributed by atoms with E-state index in [9.17, 15) is 4.79 Å². The average Bonchev–Trinajstić information content (AvgIpc) is 3.11. The first-order valence-electron chi connectivity index (χ1n) is 7.66. The van der Waals surface area contributed by atoms with Crippen molar-refractivity contribution in [3.8, 4) is 16.3 Å². The number of carbonyl (C=O) groups is 1. The van der Waals surface area contributed by atoms with Gasteiger partial charge in [0.25, 0.3) is 5.91 Å². The van der Waals surface area contributed by atoms with Crippen LogP contribution in [0.15, 0.2) is 54.2 Å². The Bertz CT molecular complexity index is 879.